The first kappa shape index (κ1) is 17.1. The third-order valence-electron chi connectivity index (χ3n) is 4.56. The third-order valence-corrected chi connectivity index (χ3v) is 4.56. The number of amides is 1. The van der Waals surface area contributed by atoms with Crippen LogP contribution >= 0.6 is 0 Å². The number of rotatable bonds is 3. The minimum absolute atomic E-state index is 0.260. The number of carbonyl (C=O) groups is 1. The number of hydrogen-bond acceptors (Lipinski definition) is 5. The Bertz CT molecular complexity index is 1080. The second-order valence-electron chi connectivity index (χ2n) is 6.69. The molecule has 3 heterocycles. The number of aromatic amines is 1. The molecular weight excluding hydrogens is 348 g/mol. The average molecular weight is 368 g/mol. The van der Waals surface area contributed by atoms with E-state index in [1.54, 1.807) is 32.0 Å². The van der Waals surface area contributed by atoms with E-state index in [-0.39, 0.29) is 17.6 Å². The molecule has 0 spiro atoms. The van der Waals surface area contributed by atoms with E-state index in [1.165, 1.54) is 4.68 Å². The second kappa shape index (κ2) is 6.46. The molecule has 0 saturated heterocycles. The first-order chi connectivity index (χ1) is 12.9. The number of nitrogens with zero attached hydrogens (tertiary/aromatic N) is 3. The largest absolute Gasteiger partial charge is 0.486 e. The van der Waals surface area contributed by atoms with Gasteiger partial charge in [0.05, 0.1) is 17.5 Å². The van der Waals surface area contributed by atoms with E-state index in [1.807, 2.05) is 24.3 Å². The van der Waals surface area contributed by atoms with Gasteiger partial charge in [-0.25, -0.2) is 4.98 Å². The van der Waals surface area contributed by atoms with Gasteiger partial charge in [-0.3, -0.25) is 19.4 Å². The van der Waals surface area contributed by atoms with Crippen molar-refractivity contribution >= 4 is 16.9 Å². The van der Waals surface area contributed by atoms with Crippen LogP contribution in [0.4, 0.5) is 0 Å². The van der Waals surface area contributed by atoms with Crippen molar-refractivity contribution in [1.82, 2.24) is 19.7 Å². The summed E-state index contributed by atoms with van der Waals surface area (Å²) in [5.41, 5.74) is 1.13. The van der Waals surface area contributed by atoms with Crippen molar-refractivity contribution in [3.63, 3.8) is 0 Å². The third kappa shape index (κ3) is 3.03. The van der Waals surface area contributed by atoms with E-state index < -0.39 is 0 Å². The van der Waals surface area contributed by atoms with Crippen molar-refractivity contribution in [3.05, 3.63) is 51.9 Å². The molecule has 0 saturated carbocycles. The van der Waals surface area contributed by atoms with Crippen molar-refractivity contribution in [2.45, 2.75) is 13.0 Å². The summed E-state index contributed by atoms with van der Waals surface area (Å²) in [4.78, 5) is 31.2. The fourth-order valence-electron chi connectivity index (χ4n) is 3.30. The lowest BCUT2D eigenvalue weighted by Gasteiger charge is -2.29. The van der Waals surface area contributed by atoms with Crippen LogP contribution in [0.1, 0.15) is 16.1 Å². The number of para-hydroxylation sites is 2. The van der Waals surface area contributed by atoms with Crippen LogP contribution < -0.4 is 15.0 Å². The predicted octanol–water partition coefficient (Wildman–Crippen LogP) is 1.48. The van der Waals surface area contributed by atoms with Gasteiger partial charge in [0, 0.05) is 19.8 Å². The smallest absolute Gasteiger partial charge is 0.274 e. The average Bonchev–Trinajstić information content (AvgIpc) is 2.94. The Hall–Kier alpha value is -3.29. The minimum Gasteiger partial charge on any atom is -0.486 e. The Balaban J connectivity index is 1.59. The van der Waals surface area contributed by atoms with Gasteiger partial charge >= 0.3 is 0 Å². The molecule has 3 aromatic rings. The lowest BCUT2D eigenvalue weighted by Crippen LogP contribution is -2.42. The number of likely N-dealkylation sites (N-methyl/N-ethyl adjacent to an activating group) is 1. The monoisotopic (exact) mass is 368 g/mol. The zero-order chi connectivity index (χ0) is 19.1. The minimum atomic E-state index is -0.331. The van der Waals surface area contributed by atoms with Crippen LogP contribution in [0.2, 0.25) is 0 Å². The fourth-order valence-corrected chi connectivity index (χ4v) is 3.30. The van der Waals surface area contributed by atoms with Gasteiger partial charge in [0.1, 0.15) is 6.61 Å². The first-order valence-electron chi connectivity index (χ1n) is 8.64. The molecule has 1 aromatic carbocycles. The quantitative estimate of drug-likeness (QED) is 0.756. The molecule has 8 nitrogen and oxygen atoms in total. The summed E-state index contributed by atoms with van der Waals surface area (Å²) in [6.07, 6.45) is -0.290. The molecule has 1 N–H and O–H groups in total. The molecule has 4 rings (SSSR count). The number of hydrogen-bond donors (Lipinski definition) is 1. The summed E-state index contributed by atoms with van der Waals surface area (Å²) in [5.74, 6) is 1.10. The SMILES string of the molecule is Cc1cc(C(=O)N(C)C[C@H]2COc3ccccc3O2)c2c(=O)[nH]n(C)c2n1. The Morgan fingerprint density at radius 3 is 2.89 bits per heavy atom. The van der Waals surface area contributed by atoms with Crippen LogP contribution in [0, 0.1) is 6.92 Å². The van der Waals surface area contributed by atoms with Crippen LogP contribution in [-0.2, 0) is 7.05 Å². The van der Waals surface area contributed by atoms with Crippen LogP contribution in [-0.4, -0.2) is 51.9 Å². The van der Waals surface area contributed by atoms with Gasteiger partial charge in [-0.15, -0.1) is 0 Å². The molecule has 1 aliphatic heterocycles. The van der Waals surface area contributed by atoms with Gasteiger partial charge in [-0.1, -0.05) is 12.1 Å². The molecular formula is C19H20N4O4. The van der Waals surface area contributed by atoms with E-state index in [0.717, 1.165) is 0 Å². The zero-order valence-electron chi connectivity index (χ0n) is 15.4. The normalized spacial score (nSPS) is 15.7. The Morgan fingerprint density at radius 2 is 2.11 bits per heavy atom. The Kier molecular flexibility index (Phi) is 4.10. The van der Waals surface area contributed by atoms with Crippen molar-refractivity contribution in [2.75, 3.05) is 20.2 Å². The molecule has 0 unspecified atom stereocenters. The Morgan fingerprint density at radius 1 is 1.37 bits per heavy atom. The van der Waals surface area contributed by atoms with Gasteiger partial charge in [0.15, 0.2) is 23.3 Å². The van der Waals surface area contributed by atoms with Crippen LogP contribution in [0.25, 0.3) is 11.0 Å². The number of nitrogens with one attached hydrogen (secondary N) is 1. The number of ether oxygens (including phenoxy) is 2. The van der Waals surface area contributed by atoms with Gasteiger partial charge in [0.2, 0.25) is 0 Å². The topological polar surface area (TPSA) is 89.5 Å². The van der Waals surface area contributed by atoms with E-state index in [2.05, 4.69) is 10.1 Å². The number of carbonyl (C=O) groups excluding carboxylic acids is 1. The molecule has 0 radical (unpaired) electrons. The molecule has 140 valence electrons. The highest BCUT2D eigenvalue weighted by Crippen LogP contribution is 2.31. The summed E-state index contributed by atoms with van der Waals surface area (Å²) in [6.45, 7) is 2.48. The molecule has 1 amide bonds. The maximum absolute atomic E-state index is 13.0. The Labute approximate surface area is 155 Å². The first-order valence-corrected chi connectivity index (χ1v) is 8.64. The number of benzene rings is 1. The number of H-pyrrole nitrogens is 1. The van der Waals surface area contributed by atoms with Crippen molar-refractivity contribution in [1.29, 1.82) is 0 Å². The summed E-state index contributed by atoms with van der Waals surface area (Å²) in [5, 5.41) is 2.95. The highest BCUT2D eigenvalue weighted by molar-refractivity contribution is 6.05. The van der Waals surface area contributed by atoms with Gasteiger partial charge in [-0.05, 0) is 25.1 Å². The molecule has 2 aromatic heterocycles. The molecule has 27 heavy (non-hydrogen) atoms. The summed E-state index contributed by atoms with van der Waals surface area (Å²) >= 11 is 0. The standard InChI is InChI=1S/C19H20N4O4/c1-11-8-13(16-17(20-11)23(3)21-18(16)24)19(25)22(2)9-12-10-26-14-6-4-5-7-15(14)27-12/h4-8,12H,9-10H2,1-3H3,(H,21,24)/t12-/m0/s1. The van der Waals surface area contributed by atoms with Crippen molar-refractivity contribution < 1.29 is 14.3 Å². The highest BCUT2D eigenvalue weighted by atomic mass is 16.6. The van der Waals surface area contributed by atoms with Gasteiger partial charge in [0.25, 0.3) is 11.5 Å². The number of aryl methyl sites for hydroxylation is 2. The maximum Gasteiger partial charge on any atom is 0.274 e. The highest BCUT2D eigenvalue weighted by Gasteiger charge is 2.26. The summed E-state index contributed by atoms with van der Waals surface area (Å²) < 4.78 is 13.2. The van der Waals surface area contributed by atoms with Crippen LogP contribution in [0.3, 0.4) is 0 Å². The van der Waals surface area contributed by atoms with Crippen LogP contribution in [0.5, 0.6) is 11.5 Å². The molecule has 8 heteroatoms. The van der Waals surface area contributed by atoms with E-state index in [0.29, 0.717) is 46.9 Å². The fraction of sp³-hybridized carbons (Fsp3) is 0.316. The number of aromatic nitrogens is 3. The molecule has 1 atom stereocenters. The molecule has 0 bridgehead atoms. The van der Waals surface area contributed by atoms with Crippen LogP contribution in [0.15, 0.2) is 35.1 Å². The second-order valence-corrected chi connectivity index (χ2v) is 6.69. The lowest BCUT2D eigenvalue weighted by atomic mass is 10.1. The van der Waals surface area contributed by atoms with E-state index >= 15 is 0 Å². The summed E-state index contributed by atoms with van der Waals surface area (Å²) in [6, 6.07) is 9.08. The van der Waals surface area contributed by atoms with Gasteiger partial charge < -0.3 is 14.4 Å². The predicted molar refractivity (Wildman–Crippen MR) is 99.4 cm³/mol. The zero-order valence-corrected chi connectivity index (χ0v) is 15.4. The lowest BCUT2D eigenvalue weighted by molar-refractivity contribution is 0.0522. The maximum atomic E-state index is 13.0. The molecule has 0 aliphatic carbocycles. The van der Waals surface area contributed by atoms with Gasteiger partial charge in [-0.2, -0.15) is 0 Å². The molecule has 0 fully saturated rings. The van der Waals surface area contributed by atoms with E-state index in [9.17, 15) is 9.59 Å². The molecule has 1 aliphatic rings. The van der Waals surface area contributed by atoms with Crippen molar-refractivity contribution in [2.24, 2.45) is 7.05 Å². The van der Waals surface area contributed by atoms with Crippen molar-refractivity contribution in [3.8, 4) is 11.5 Å². The van der Waals surface area contributed by atoms with E-state index in [4.69, 9.17) is 9.47 Å². The number of fused-ring (bicyclic) bond motifs is 2. The number of pyridine rings is 1. The summed E-state index contributed by atoms with van der Waals surface area (Å²) in [7, 11) is 3.38.